The average molecular weight is 500 g/mol. The maximum absolute atomic E-state index is 13.5. The molecule has 0 radical (unpaired) electrons. The van der Waals surface area contributed by atoms with Crippen molar-refractivity contribution in [2.45, 2.75) is 6.92 Å². The van der Waals surface area contributed by atoms with E-state index in [1.807, 2.05) is 43.3 Å². The summed E-state index contributed by atoms with van der Waals surface area (Å²) in [5.74, 6) is 0.619. The minimum atomic E-state index is -0.342. The van der Waals surface area contributed by atoms with Gasteiger partial charge in [0.25, 0.3) is 5.91 Å². The van der Waals surface area contributed by atoms with Crippen LogP contribution >= 0.6 is 0 Å². The molecule has 0 spiro atoms. The summed E-state index contributed by atoms with van der Waals surface area (Å²) in [5.41, 5.74) is 16.6. The van der Waals surface area contributed by atoms with Gasteiger partial charge >= 0.3 is 0 Å². The quantitative estimate of drug-likeness (QED) is 0.272. The lowest BCUT2D eigenvalue weighted by Gasteiger charge is -2.15. The van der Waals surface area contributed by atoms with E-state index in [2.05, 4.69) is 5.32 Å². The first-order valence-electron chi connectivity index (χ1n) is 12.1. The van der Waals surface area contributed by atoms with Gasteiger partial charge in [-0.25, -0.2) is 4.39 Å². The van der Waals surface area contributed by atoms with Crippen LogP contribution in [-0.4, -0.2) is 32.2 Å². The Morgan fingerprint density at radius 1 is 0.757 bits per heavy atom. The number of halogens is 1. The van der Waals surface area contributed by atoms with Crippen LogP contribution in [0.3, 0.4) is 0 Å². The number of benzene rings is 4. The topological polar surface area (TPSA) is 99.6 Å². The Morgan fingerprint density at radius 3 is 1.89 bits per heavy atom. The predicted molar refractivity (Wildman–Crippen MR) is 146 cm³/mol. The molecule has 0 atom stereocenters. The third-order valence-electron chi connectivity index (χ3n) is 5.75. The number of nitrogens with one attached hydrogen (secondary N) is 1. The number of aryl methyl sites for hydroxylation is 1. The van der Waals surface area contributed by atoms with Crippen molar-refractivity contribution in [2.75, 3.05) is 31.6 Å². The standard InChI is InChI=1S/C30H30FN3O3/c1-20-2-4-21(5-3-20)27-19-25(11-13-29(27)37-17-15-33)34-30(35)23-8-12-28(36-16-14-32)26(18-23)22-6-9-24(31)10-7-22/h2-13,18-19H,14-17,32-33H2,1H3,(H,34,35). The summed E-state index contributed by atoms with van der Waals surface area (Å²) in [7, 11) is 0. The van der Waals surface area contributed by atoms with E-state index in [-0.39, 0.29) is 11.7 Å². The number of amides is 1. The number of anilines is 1. The van der Waals surface area contributed by atoms with E-state index >= 15 is 0 Å². The molecule has 6 nitrogen and oxygen atoms in total. The van der Waals surface area contributed by atoms with Crippen molar-refractivity contribution in [3.05, 3.63) is 102 Å². The van der Waals surface area contributed by atoms with Crippen molar-refractivity contribution >= 4 is 11.6 Å². The molecule has 4 aromatic carbocycles. The zero-order valence-electron chi connectivity index (χ0n) is 20.7. The van der Waals surface area contributed by atoms with Gasteiger partial charge in [0.1, 0.15) is 30.5 Å². The van der Waals surface area contributed by atoms with E-state index in [9.17, 15) is 9.18 Å². The summed E-state index contributed by atoms with van der Waals surface area (Å²) in [5, 5.41) is 2.97. The highest BCUT2D eigenvalue weighted by Crippen LogP contribution is 2.34. The lowest BCUT2D eigenvalue weighted by molar-refractivity contribution is 0.102. The van der Waals surface area contributed by atoms with Crippen molar-refractivity contribution in [1.82, 2.24) is 0 Å². The molecule has 0 aliphatic carbocycles. The number of carbonyl (C=O) groups is 1. The number of hydrogen-bond donors (Lipinski definition) is 3. The van der Waals surface area contributed by atoms with Gasteiger partial charge in [0.15, 0.2) is 0 Å². The van der Waals surface area contributed by atoms with E-state index < -0.39 is 0 Å². The lowest BCUT2D eigenvalue weighted by Crippen LogP contribution is -2.14. The Labute approximate surface area is 216 Å². The molecule has 0 unspecified atom stereocenters. The van der Waals surface area contributed by atoms with Gasteiger partial charge in [0.2, 0.25) is 0 Å². The maximum atomic E-state index is 13.5. The van der Waals surface area contributed by atoms with Gasteiger partial charge in [0.05, 0.1) is 0 Å². The molecular weight excluding hydrogens is 469 g/mol. The first kappa shape index (κ1) is 25.9. The molecule has 0 heterocycles. The van der Waals surface area contributed by atoms with Crippen molar-refractivity contribution in [3.63, 3.8) is 0 Å². The van der Waals surface area contributed by atoms with Crippen LogP contribution in [0.25, 0.3) is 22.3 Å². The Kier molecular flexibility index (Phi) is 8.51. The van der Waals surface area contributed by atoms with Crippen LogP contribution < -0.4 is 26.3 Å². The van der Waals surface area contributed by atoms with E-state index in [1.54, 1.807) is 36.4 Å². The molecule has 0 fully saturated rings. The van der Waals surface area contributed by atoms with Crippen LogP contribution in [0.15, 0.2) is 84.9 Å². The van der Waals surface area contributed by atoms with E-state index in [0.717, 1.165) is 22.3 Å². The zero-order valence-corrected chi connectivity index (χ0v) is 20.7. The molecule has 0 saturated carbocycles. The van der Waals surface area contributed by atoms with Crippen LogP contribution in [0.1, 0.15) is 15.9 Å². The average Bonchev–Trinajstić information content (AvgIpc) is 2.92. The smallest absolute Gasteiger partial charge is 0.255 e. The Balaban J connectivity index is 1.64. The molecule has 0 saturated heterocycles. The van der Waals surface area contributed by atoms with Crippen molar-refractivity contribution in [2.24, 2.45) is 11.5 Å². The highest BCUT2D eigenvalue weighted by Gasteiger charge is 2.15. The lowest BCUT2D eigenvalue weighted by atomic mass is 10.0. The van der Waals surface area contributed by atoms with Crippen LogP contribution in [0.4, 0.5) is 10.1 Å². The summed E-state index contributed by atoms with van der Waals surface area (Å²) in [4.78, 5) is 13.2. The van der Waals surface area contributed by atoms with Crippen molar-refractivity contribution in [3.8, 4) is 33.8 Å². The molecule has 0 aliphatic heterocycles. The monoisotopic (exact) mass is 499 g/mol. The SMILES string of the molecule is Cc1ccc(-c2cc(NC(=O)c3ccc(OCCN)c(-c4ccc(F)cc4)c3)ccc2OCCN)cc1. The first-order chi connectivity index (χ1) is 18.0. The van der Waals surface area contributed by atoms with Gasteiger partial charge in [-0.2, -0.15) is 0 Å². The summed E-state index contributed by atoms with van der Waals surface area (Å²) >= 11 is 0. The van der Waals surface area contributed by atoms with Gasteiger partial charge in [0, 0.05) is 35.5 Å². The second kappa shape index (κ2) is 12.2. The van der Waals surface area contributed by atoms with Gasteiger partial charge in [-0.15, -0.1) is 0 Å². The Bertz CT molecular complexity index is 1360. The second-order valence-corrected chi connectivity index (χ2v) is 8.52. The minimum Gasteiger partial charge on any atom is -0.492 e. The second-order valence-electron chi connectivity index (χ2n) is 8.52. The molecule has 5 N–H and O–H groups in total. The fraction of sp³-hybridized carbons (Fsp3) is 0.167. The van der Waals surface area contributed by atoms with Crippen LogP contribution in [0.2, 0.25) is 0 Å². The number of carbonyl (C=O) groups excluding carboxylic acids is 1. The number of nitrogens with two attached hydrogens (primary N) is 2. The predicted octanol–water partition coefficient (Wildman–Crippen LogP) is 5.40. The fourth-order valence-electron chi connectivity index (χ4n) is 3.89. The maximum Gasteiger partial charge on any atom is 0.255 e. The molecule has 4 rings (SSSR count). The largest absolute Gasteiger partial charge is 0.492 e. The molecule has 0 aromatic heterocycles. The molecule has 4 aromatic rings. The summed E-state index contributed by atoms with van der Waals surface area (Å²) in [6, 6.07) is 24.8. The number of ether oxygens (including phenoxy) is 2. The van der Waals surface area contributed by atoms with Gasteiger partial charge in [-0.3, -0.25) is 4.79 Å². The normalized spacial score (nSPS) is 10.7. The van der Waals surface area contributed by atoms with E-state index in [1.165, 1.54) is 12.1 Å². The fourth-order valence-corrected chi connectivity index (χ4v) is 3.89. The third kappa shape index (κ3) is 6.52. The van der Waals surface area contributed by atoms with Crippen molar-refractivity contribution in [1.29, 1.82) is 0 Å². The van der Waals surface area contributed by atoms with Gasteiger partial charge < -0.3 is 26.3 Å². The number of rotatable bonds is 10. The summed E-state index contributed by atoms with van der Waals surface area (Å²) < 4.78 is 25.1. The number of hydrogen-bond acceptors (Lipinski definition) is 5. The molecule has 7 heteroatoms. The van der Waals surface area contributed by atoms with Crippen LogP contribution in [-0.2, 0) is 0 Å². The van der Waals surface area contributed by atoms with Gasteiger partial charge in [-0.05, 0) is 66.6 Å². The van der Waals surface area contributed by atoms with E-state index in [4.69, 9.17) is 20.9 Å². The van der Waals surface area contributed by atoms with E-state index in [0.29, 0.717) is 54.6 Å². The molecule has 0 bridgehead atoms. The Hall–Kier alpha value is -4.20. The highest BCUT2D eigenvalue weighted by molar-refractivity contribution is 6.05. The zero-order chi connectivity index (χ0) is 26.2. The molecular formula is C30H30FN3O3. The molecule has 1 amide bonds. The minimum absolute atomic E-state index is 0.292. The van der Waals surface area contributed by atoms with Crippen LogP contribution in [0.5, 0.6) is 11.5 Å². The molecule has 0 aliphatic rings. The highest BCUT2D eigenvalue weighted by atomic mass is 19.1. The van der Waals surface area contributed by atoms with Crippen molar-refractivity contribution < 1.29 is 18.7 Å². The first-order valence-corrected chi connectivity index (χ1v) is 12.1. The molecule has 37 heavy (non-hydrogen) atoms. The Morgan fingerprint density at radius 2 is 1.30 bits per heavy atom. The van der Waals surface area contributed by atoms with Crippen LogP contribution in [0, 0.1) is 12.7 Å². The summed E-state index contributed by atoms with van der Waals surface area (Å²) in [6.45, 7) is 3.47. The summed E-state index contributed by atoms with van der Waals surface area (Å²) in [6.07, 6.45) is 0. The molecule has 190 valence electrons. The van der Waals surface area contributed by atoms with Gasteiger partial charge in [-0.1, -0.05) is 42.0 Å². The third-order valence-corrected chi connectivity index (χ3v) is 5.75.